The molecule has 0 atom stereocenters. The van der Waals surface area contributed by atoms with Gasteiger partial charge in [-0.1, -0.05) is 36.4 Å². The molecule has 3 rings (SSSR count). The van der Waals surface area contributed by atoms with E-state index in [1.807, 2.05) is 60.7 Å². The van der Waals surface area contributed by atoms with Crippen LogP contribution in [0.15, 0.2) is 72.8 Å². The largest absolute Gasteiger partial charge is 0.392 e. The third-order valence-electron chi connectivity index (χ3n) is 3.68. The average Bonchev–Trinajstić information content (AvgIpc) is 2.63. The highest BCUT2D eigenvalue weighted by Crippen LogP contribution is 2.31. The summed E-state index contributed by atoms with van der Waals surface area (Å²) in [6, 6.07) is 23.2. The van der Waals surface area contributed by atoms with E-state index in [0.717, 1.165) is 34.4 Å². The van der Waals surface area contributed by atoms with E-state index in [2.05, 4.69) is 5.32 Å². The van der Waals surface area contributed by atoms with Crippen molar-refractivity contribution >= 4 is 17.7 Å². The first-order valence-electron chi connectivity index (χ1n) is 7.41. The van der Waals surface area contributed by atoms with Gasteiger partial charge in [0, 0.05) is 22.5 Å². The summed E-state index contributed by atoms with van der Waals surface area (Å²) < 4.78 is 0. The summed E-state index contributed by atoms with van der Waals surface area (Å²) in [6.45, 7) is 0.00808. The van der Waals surface area contributed by atoms with Crippen LogP contribution in [0.3, 0.4) is 0 Å². The molecule has 0 fully saturated rings. The minimum Gasteiger partial charge on any atom is -0.392 e. The Balaban J connectivity index is 1.99. The van der Waals surface area contributed by atoms with E-state index in [9.17, 15) is 9.90 Å². The Morgan fingerprint density at radius 1 is 0.913 bits per heavy atom. The Morgan fingerprint density at radius 3 is 2.30 bits per heavy atom. The Labute approximate surface area is 135 Å². The van der Waals surface area contributed by atoms with Gasteiger partial charge in [0.2, 0.25) is 0 Å². The van der Waals surface area contributed by atoms with Gasteiger partial charge in [-0.25, -0.2) is 0 Å². The zero-order valence-electron chi connectivity index (χ0n) is 12.6. The normalized spacial score (nSPS) is 10.3. The van der Waals surface area contributed by atoms with Crippen molar-refractivity contribution in [2.75, 3.05) is 5.32 Å². The first-order valence-corrected chi connectivity index (χ1v) is 7.41. The maximum atomic E-state index is 10.7. The standard InChI is InChI=1S/C20H17NO2/c22-13-15-6-9-18(10-7-15)21-20-11-8-16(14-23)12-19(20)17-4-2-1-3-5-17/h1-13,21,23H,14H2. The van der Waals surface area contributed by atoms with E-state index < -0.39 is 0 Å². The maximum absolute atomic E-state index is 10.7. The Kier molecular flexibility index (Phi) is 4.50. The molecule has 0 aromatic heterocycles. The van der Waals surface area contributed by atoms with Crippen LogP contribution in [-0.2, 0) is 6.61 Å². The van der Waals surface area contributed by atoms with Crippen LogP contribution in [0.2, 0.25) is 0 Å². The number of aliphatic hydroxyl groups is 1. The van der Waals surface area contributed by atoms with Crippen LogP contribution in [-0.4, -0.2) is 11.4 Å². The van der Waals surface area contributed by atoms with Gasteiger partial charge in [-0.3, -0.25) is 4.79 Å². The smallest absolute Gasteiger partial charge is 0.150 e. The van der Waals surface area contributed by atoms with Crippen LogP contribution >= 0.6 is 0 Å². The van der Waals surface area contributed by atoms with Crippen molar-refractivity contribution in [3.05, 3.63) is 83.9 Å². The lowest BCUT2D eigenvalue weighted by molar-refractivity contribution is 0.112. The van der Waals surface area contributed by atoms with Crippen LogP contribution in [0, 0.1) is 0 Å². The lowest BCUT2D eigenvalue weighted by Crippen LogP contribution is -1.95. The number of rotatable bonds is 5. The fraction of sp³-hybridized carbons (Fsp3) is 0.0500. The van der Waals surface area contributed by atoms with Gasteiger partial charge in [0.1, 0.15) is 6.29 Å². The van der Waals surface area contributed by atoms with Gasteiger partial charge in [0.15, 0.2) is 0 Å². The number of carbonyl (C=O) groups is 1. The first-order chi connectivity index (χ1) is 11.3. The Morgan fingerprint density at radius 2 is 1.65 bits per heavy atom. The predicted molar refractivity (Wildman–Crippen MR) is 92.9 cm³/mol. The number of carbonyl (C=O) groups excluding carboxylic acids is 1. The van der Waals surface area contributed by atoms with Crippen molar-refractivity contribution in [3.63, 3.8) is 0 Å². The van der Waals surface area contributed by atoms with Crippen molar-refractivity contribution < 1.29 is 9.90 Å². The number of nitrogens with one attached hydrogen (secondary N) is 1. The van der Waals surface area contributed by atoms with Crippen molar-refractivity contribution in [3.8, 4) is 11.1 Å². The molecule has 3 nitrogen and oxygen atoms in total. The molecule has 3 heteroatoms. The average molecular weight is 303 g/mol. The fourth-order valence-corrected chi connectivity index (χ4v) is 2.46. The first kappa shape index (κ1) is 15.0. The zero-order valence-corrected chi connectivity index (χ0v) is 12.6. The minimum absolute atomic E-state index is 0.00808. The van der Waals surface area contributed by atoms with E-state index in [4.69, 9.17) is 0 Å². The van der Waals surface area contributed by atoms with Crippen LogP contribution < -0.4 is 5.32 Å². The predicted octanol–water partition coefficient (Wildman–Crippen LogP) is 4.40. The number of hydrogen-bond acceptors (Lipinski definition) is 3. The molecule has 3 aromatic rings. The Bertz CT molecular complexity index is 796. The van der Waals surface area contributed by atoms with Gasteiger partial charge < -0.3 is 10.4 Å². The van der Waals surface area contributed by atoms with Crippen molar-refractivity contribution in [2.24, 2.45) is 0 Å². The molecule has 114 valence electrons. The number of aldehydes is 1. The third-order valence-corrected chi connectivity index (χ3v) is 3.68. The van der Waals surface area contributed by atoms with E-state index in [1.165, 1.54) is 0 Å². The maximum Gasteiger partial charge on any atom is 0.150 e. The molecule has 0 saturated carbocycles. The van der Waals surface area contributed by atoms with Gasteiger partial charge in [-0.05, 0) is 47.5 Å². The second-order valence-electron chi connectivity index (χ2n) is 5.27. The van der Waals surface area contributed by atoms with Gasteiger partial charge in [-0.2, -0.15) is 0 Å². The zero-order chi connectivity index (χ0) is 16.1. The van der Waals surface area contributed by atoms with Crippen LogP contribution in [0.4, 0.5) is 11.4 Å². The summed E-state index contributed by atoms with van der Waals surface area (Å²) in [5.41, 5.74) is 5.48. The highest BCUT2D eigenvalue weighted by Gasteiger charge is 2.07. The fourth-order valence-electron chi connectivity index (χ4n) is 2.46. The number of aliphatic hydroxyl groups excluding tert-OH is 1. The molecule has 0 amide bonds. The molecular formula is C20H17NO2. The molecule has 0 unspecified atom stereocenters. The summed E-state index contributed by atoms with van der Waals surface area (Å²) in [5, 5.41) is 12.8. The summed E-state index contributed by atoms with van der Waals surface area (Å²) in [5.74, 6) is 0. The molecule has 0 saturated heterocycles. The van der Waals surface area contributed by atoms with Crippen molar-refractivity contribution in [2.45, 2.75) is 6.61 Å². The van der Waals surface area contributed by atoms with Crippen molar-refractivity contribution in [1.29, 1.82) is 0 Å². The molecule has 0 bridgehead atoms. The van der Waals surface area contributed by atoms with Gasteiger partial charge in [0.05, 0.1) is 6.61 Å². The lowest BCUT2D eigenvalue weighted by atomic mass is 10.0. The van der Waals surface area contributed by atoms with Crippen LogP contribution in [0.5, 0.6) is 0 Å². The summed E-state index contributed by atoms with van der Waals surface area (Å²) in [6.07, 6.45) is 0.829. The highest BCUT2D eigenvalue weighted by atomic mass is 16.3. The lowest BCUT2D eigenvalue weighted by Gasteiger charge is -2.14. The molecule has 3 aromatic carbocycles. The monoisotopic (exact) mass is 303 g/mol. The molecule has 0 aliphatic heterocycles. The topological polar surface area (TPSA) is 49.3 Å². The third kappa shape index (κ3) is 3.47. The minimum atomic E-state index is 0.00808. The quantitative estimate of drug-likeness (QED) is 0.687. The van der Waals surface area contributed by atoms with Crippen molar-refractivity contribution in [1.82, 2.24) is 0 Å². The molecule has 0 heterocycles. The van der Waals surface area contributed by atoms with E-state index in [0.29, 0.717) is 5.56 Å². The molecular weight excluding hydrogens is 286 g/mol. The SMILES string of the molecule is O=Cc1ccc(Nc2ccc(CO)cc2-c2ccccc2)cc1. The molecule has 2 N–H and O–H groups in total. The number of hydrogen-bond donors (Lipinski definition) is 2. The molecule has 0 aliphatic rings. The van der Waals surface area contributed by atoms with E-state index in [-0.39, 0.29) is 6.61 Å². The van der Waals surface area contributed by atoms with Gasteiger partial charge >= 0.3 is 0 Å². The summed E-state index contributed by atoms with van der Waals surface area (Å²) in [7, 11) is 0. The molecule has 0 spiro atoms. The van der Waals surface area contributed by atoms with Gasteiger partial charge in [-0.15, -0.1) is 0 Å². The second kappa shape index (κ2) is 6.90. The molecule has 0 radical (unpaired) electrons. The molecule has 23 heavy (non-hydrogen) atoms. The summed E-state index contributed by atoms with van der Waals surface area (Å²) in [4.78, 5) is 10.7. The number of benzene rings is 3. The highest BCUT2D eigenvalue weighted by molar-refractivity contribution is 5.82. The van der Waals surface area contributed by atoms with E-state index in [1.54, 1.807) is 12.1 Å². The Hall–Kier alpha value is -2.91. The van der Waals surface area contributed by atoms with E-state index >= 15 is 0 Å². The summed E-state index contributed by atoms with van der Waals surface area (Å²) >= 11 is 0. The number of anilines is 2. The van der Waals surface area contributed by atoms with Gasteiger partial charge in [0.25, 0.3) is 0 Å². The second-order valence-corrected chi connectivity index (χ2v) is 5.27. The van der Waals surface area contributed by atoms with Crippen LogP contribution in [0.25, 0.3) is 11.1 Å². The van der Waals surface area contributed by atoms with Crippen LogP contribution in [0.1, 0.15) is 15.9 Å². The molecule has 0 aliphatic carbocycles.